The number of nitrogens with zero attached hydrogens (tertiary/aromatic N) is 2. The second-order valence-electron chi connectivity index (χ2n) is 5.56. The Labute approximate surface area is 120 Å². The van der Waals surface area contributed by atoms with Gasteiger partial charge in [0, 0.05) is 43.3 Å². The van der Waals surface area contributed by atoms with Gasteiger partial charge < -0.3 is 15.3 Å². The lowest BCUT2D eigenvalue weighted by atomic mass is 10.1. The number of nitrogens with one attached hydrogen (secondary N) is 1. The van der Waals surface area contributed by atoms with E-state index in [-0.39, 0.29) is 11.7 Å². The third kappa shape index (κ3) is 3.29. The Morgan fingerprint density at radius 3 is 2.90 bits per heavy atom. The number of phenolic OH excluding ortho intramolecular Hbond substituents is 1. The number of hydrogen-bond acceptors (Lipinski definition) is 4. The molecule has 1 atom stereocenters. The molecule has 110 valence electrons. The molecule has 1 saturated heterocycles. The molecule has 1 heterocycles. The van der Waals surface area contributed by atoms with Gasteiger partial charge in [-0.25, -0.2) is 0 Å². The van der Waals surface area contributed by atoms with Crippen molar-refractivity contribution in [3.63, 3.8) is 0 Å². The zero-order chi connectivity index (χ0) is 14.7. The Kier molecular flexibility index (Phi) is 4.62. The second-order valence-corrected chi connectivity index (χ2v) is 5.56. The van der Waals surface area contributed by atoms with Crippen molar-refractivity contribution in [1.29, 1.82) is 0 Å². The van der Waals surface area contributed by atoms with E-state index in [1.54, 1.807) is 25.1 Å². The van der Waals surface area contributed by atoms with E-state index >= 15 is 0 Å². The first-order valence-corrected chi connectivity index (χ1v) is 6.94. The highest BCUT2D eigenvalue weighted by atomic mass is 16.3. The van der Waals surface area contributed by atoms with Crippen molar-refractivity contribution < 1.29 is 9.90 Å². The lowest BCUT2D eigenvalue weighted by Gasteiger charge is -2.37. The maximum absolute atomic E-state index is 12.2. The van der Waals surface area contributed by atoms with Crippen LogP contribution in [0.4, 0.5) is 0 Å². The van der Waals surface area contributed by atoms with Crippen molar-refractivity contribution in [1.82, 2.24) is 15.1 Å². The topological polar surface area (TPSA) is 55.8 Å². The van der Waals surface area contributed by atoms with Gasteiger partial charge in [-0.3, -0.25) is 9.69 Å². The number of phenols is 1. The summed E-state index contributed by atoms with van der Waals surface area (Å²) in [6, 6.07) is 5.35. The van der Waals surface area contributed by atoms with Gasteiger partial charge >= 0.3 is 0 Å². The van der Waals surface area contributed by atoms with Gasteiger partial charge in [-0.1, -0.05) is 6.07 Å². The Balaban J connectivity index is 1.96. The molecular weight excluding hydrogens is 254 g/mol. The van der Waals surface area contributed by atoms with E-state index in [9.17, 15) is 9.90 Å². The number of carbonyl (C=O) groups is 1. The SMILES string of the molecule is Cc1c(O)cccc1C(=O)NCC1CN(C)CCN1C. The minimum absolute atomic E-state index is 0.125. The van der Waals surface area contributed by atoms with Crippen LogP contribution in [0.1, 0.15) is 15.9 Å². The standard InChI is InChI=1S/C15H23N3O2/c1-11-13(5-4-6-14(11)19)15(20)16-9-12-10-17(2)7-8-18(12)3/h4-6,12,19H,7-10H2,1-3H3,(H,16,20). The number of aromatic hydroxyl groups is 1. The van der Waals surface area contributed by atoms with Crippen LogP contribution in [0.25, 0.3) is 0 Å². The number of carbonyl (C=O) groups excluding carboxylic acids is 1. The van der Waals surface area contributed by atoms with Crippen LogP contribution in [0.3, 0.4) is 0 Å². The fourth-order valence-corrected chi connectivity index (χ4v) is 2.50. The van der Waals surface area contributed by atoms with E-state index in [4.69, 9.17) is 0 Å². The number of piperazine rings is 1. The molecule has 2 N–H and O–H groups in total. The van der Waals surface area contributed by atoms with E-state index in [0.29, 0.717) is 23.7 Å². The van der Waals surface area contributed by atoms with Crippen molar-refractivity contribution >= 4 is 5.91 Å². The smallest absolute Gasteiger partial charge is 0.251 e. The summed E-state index contributed by atoms with van der Waals surface area (Å²) in [5.74, 6) is 0.0344. The molecule has 0 aromatic heterocycles. The van der Waals surface area contributed by atoms with E-state index in [2.05, 4.69) is 29.2 Å². The Bertz CT molecular complexity index is 490. The molecular formula is C15H23N3O2. The van der Waals surface area contributed by atoms with Crippen LogP contribution in [0, 0.1) is 6.92 Å². The Hall–Kier alpha value is -1.59. The highest BCUT2D eigenvalue weighted by Gasteiger charge is 2.23. The van der Waals surface area contributed by atoms with Crippen LogP contribution in [-0.2, 0) is 0 Å². The van der Waals surface area contributed by atoms with Crippen molar-refractivity contribution in [3.8, 4) is 5.75 Å². The molecule has 0 bridgehead atoms. The van der Waals surface area contributed by atoms with Crippen LogP contribution < -0.4 is 5.32 Å². The number of amides is 1. The zero-order valence-corrected chi connectivity index (χ0v) is 12.4. The fourth-order valence-electron chi connectivity index (χ4n) is 2.50. The highest BCUT2D eigenvalue weighted by Crippen LogP contribution is 2.19. The molecule has 0 spiro atoms. The molecule has 0 radical (unpaired) electrons. The summed E-state index contributed by atoms with van der Waals surface area (Å²) in [5, 5.41) is 12.6. The lowest BCUT2D eigenvalue weighted by Crippen LogP contribution is -2.54. The minimum atomic E-state index is -0.125. The van der Waals surface area contributed by atoms with Crippen LogP contribution in [-0.4, -0.2) is 67.1 Å². The maximum Gasteiger partial charge on any atom is 0.251 e. The fraction of sp³-hybridized carbons (Fsp3) is 0.533. The number of rotatable bonds is 3. The molecule has 1 aliphatic heterocycles. The summed E-state index contributed by atoms with van der Waals surface area (Å²) < 4.78 is 0. The molecule has 1 fully saturated rings. The molecule has 20 heavy (non-hydrogen) atoms. The van der Waals surface area contributed by atoms with Crippen molar-refractivity contribution in [2.45, 2.75) is 13.0 Å². The molecule has 5 nitrogen and oxygen atoms in total. The first kappa shape index (κ1) is 14.8. The molecule has 1 aromatic rings. The minimum Gasteiger partial charge on any atom is -0.508 e. The summed E-state index contributed by atoms with van der Waals surface area (Å²) in [6.07, 6.45) is 0. The van der Waals surface area contributed by atoms with Crippen LogP contribution in [0.5, 0.6) is 5.75 Å². The van der Waals surface area contributed by atoms with Crippen LogP contribution in [0.2, 0.25) is 0 Å². The summed E-state index contributed by atoms with van der Waals surface area (Å²) in [4.78, 5) is 16.7. The number of hydrogen-bond donors (Lipinski definition) is 2. The average molecular weight is 277 g/mol. The largest absolute Gasteiger partial charge is 0.508 e. The Morgan fingerprint density at radius 2 is 2.15 bits per heavy atom. The van der Waals surface area contributed by atoms with Gasteiger partial charge in [0.1, 0.15) is 5.75 Å². The Morgan fingerprint density at radius 1 is 1.40 bits per heavy atom. The zero-order valence-electron chi connectivity index (χ0n) is 12.4. The van der Waals surface area contributed by atoms with Gasteiger partial charge in [0.25, 0.3) is 5.91 Å². The van der Waals surface area contributed by atoms with Crippen LogP contribution >= 0.6 is 0 Å². The molecule has 0 aliphatic carbocycles. The predicted octanol–water partition coefficient (Wildman–Crippen LogP) is 0.676. The summed E-state index contributed by atoms with van der Waals surface area (Å²) in [5.41, 5.74) is 1.16. The van der Waals surface area contributed by atoms with E-state index in [1.807, 2.05) is 0 Å². The third-order valence-corrected chi connectivity index (χ3v) is 4.03. The van der Waals surface area contributed by atoms with Gasteiger partial charge in [0.2, 0.25) is 0 Å². The summed E-state index contributed by atoms with van der Waals surface area (Å²) in [7, 11) is 4.19. The first-order valence-electron chi connectivity index (χ1n) is 6.94. The molecule has 5 heteroatoms. The van der Waals surface area contributed by atoms with Crippen molar-refractivity contribution in [2.75, 3.05) is 40.3 Å². The second kappa shape index (κ2) is 6.24. The highest BCUT2D eigenvalue weighted by molar-refractivity contribution is 5.96. The molecule has 1 aromatic carbocycles. The maximum atomic E-state index is 12.2. The van der Waals surface area contributed by atoms with Gasteiger partial charge in [-0.2, -0.15) is 0 Å². The van der Waals surface area contributed by atoms with Gasteiger partial charge in [0.15, 0.2) is 0 Å². The molecule has 0 saturated carbocycles. The van der Waals surface area contributed by atoms with Crippen LogP contribution in [0.15, 0.2) is 18.2 Å². The average Bonchev–Trinajstić information content (AvgIpc) is 2.42. The van der Waals surface area contributed by atoms with E-state index < -0.39 is 0 Å². The van der Waals surface area contributed by atoms with E-state index in [0.717, 1.165) is 19.6 Å². The number of benzene rings is 1. The van der Waals surface area contributed by atoms with Crippen molar-refractivity contribution in [2.24, 2.45) is 0 Å². The van der Waals surface area contributed by atoms with Gasteiger partial charge in [-0.05, 0) is 33.2 Å². The summed E-state index contributed by atoms with van der Waals surface area (Å²) >= 11 is 0. The van der Waals surface area contributed by atoms with E-state index in [1.165, 1.54) is 0 Å². The predicted molar refractivity (Wildman–Crippen MR) is 79.1 cm³/mol. The van der Waals surface area contributed by atoms with Gasteiger partial charge in [-0.15, -0.1) is 0 Å². The normalized spacial score (nSPS) is 20.9. The first-order chi connectivity index (χ1) is 9.49. The monoisotopic (exact) mass is 277 g/mol. The summed E-state index contributed by atoms with van der Waals surface area (Å²) in [6.45, 7) is 5.41. The molecule has 1 aliphatic rings. The molecule has 1 unspecified atom stereocenters. The lowest BCUT2D eigenvalue weighted by molar-refractivity contribution is 0.0880. The van der Waals surface area contributed by atoms with Gasteiger partial charge in [0.05, 0.1) is 0 Å². The third-order valence-electron chi connectivity index (χ3n) is 4.03. The molecule has 2 rings (SSSR count). The van der Waals surface area contributed by atoms with Crippen molar-refractivity contribution in [3.05, 3.63) is 29.3 Å². The number of likely N-dealkylation sites (N-methyl/N-ethyl adjacent to an activating group) is 2. The quantitative estimate of drug-likeness (QED) is 0.853. The molecule has 1 amide bonds.